The first-order valence-electron chi connectivity index (χ1n) is 20.3. The van der Waals surface area contributed by atoms with Crippen LogP contribution >= 0.6 is 0 Å². The minimum absolute atomic E-state index is 0.0147. The van der Waals surface area contributed by atoms with Gasteiger partial charge in [0, 0.05) is 12.8 Å². The van der Waals surface area contributed by atoms with Crippen molar-refractivity contribution >= 4 is 11.9 Å². The van der Waals surface area contributed by atoms with E-state index in [0.717, 1.165) is 83.5 Å². The van der Waals surface area contributed by atoms with Crippen LogP contribution < -0.4 is 0 Å². The van der Waals surface area contributed by atoms with Crippen molar-refractivity contribution in [2.24, 2.45) is 46.3 Å². The summed E-state index contributed by atoms with van der Waals surface area (Å²) >= 11 is 0. The third kappa shape index (κ3) is 10.5. The molecule has 4 fully saturated rings. The number of hydrogen-bond donors (Lipinski definition) is 2. The Balaban J connectivity index is 1.12. The standard InChI is InChI=1S/C44H70O5/c1-5-6-7-8-9-10-11-12-13-14-15-16-17-18-19-20-21-22-42(48)49-35-29-30-43(3)34(31-35)24-25-36-38-27-26-37(33(2)23-28-41(46)47)44(38,4)40(45)32-39(36)43/h6-7,9-10,12-13,15-16,33-40,45H,5,8,11,14,17-32H2,1-4H3,(H,46,47)/b7-6-,10-9-,13-12-,16-15-. The predicted molar refractivity (Wildman–Crippen MR) is 201 cm³/mol. The molecular formula is C44H70O5. The van der Waals surface area contributed by atoms with Crippen molar-refractivity contribution in [1.29, 1.82) is 0 Å². The molecule has 5 nitrogen and oxygen atoms in total. The molecule has 2 N–H and O–H groups in total. The Labute approximate surface area is 299 Å². The largest absolute Gasteiger partial charge is 0.481 e. The predicted octanol–water partition coefficient (Wildman–Crippen LogP) is 11.2. The van der Waals surface area contributed by atoms with Crippen molar-refractivity contribution in [3.63, 3.8) is 0 Å². The van der Waals surface area contributed by atoms with Gasteiger partial charge in [0.15, 0.2) is 0 Å². The maximum absolute atomic E-state index is 12.8. The van der Waals surface area contributed by atoms with E-state index < -0.39 is 5.97 Å². The van der Waals surface area contributed by atoms with Gasteiger partial charge in [-0.05, 0) is 149 Å². The van der Waals surface area contributed by atoms with Gasteiger partial charge in [-0.25, -0.2) is 0 Å². The second-order valence-corrected chi connectivity index (χ2v) is 16.7. The highest BCUT2D eigenvalue weighted by atomic mass is 16.5. The highest BCUT2D eigenvalue weighted by Gasteiger charge is 2.63. The summed E-state index contributed by atoms with van der Waals surface area (Å²) in [5, 5.41) is 21.1. The molecule has 0 aromatic rings. The lowest BCUT2D eigenvalue weighted by molar-refractivity contribution is -0.181. The Morgan fingerprint density at radius 3 is 2.16 bits per heavy atom. The summed E-state index contributed by atoms with van der Waals surface area (Å²) in [5.41, 5.74) is 0.0985. The molecule has 0 bridgehead atoms. The maximum Gasteiger partial charge on any atom is 0.306 e. The van der Waals surface area contributed by atoms with Crippen LogP contribution in [0.25, 0.3) is 0 Å². The number of carbonyl (C=O) groups is 2. The van der Waals surface area contributed by atoms with Gasteiger partial charge < -0.3 is 14.9 Å². The summed E-state index contributed by atoms with van der Waals surface area (Å²) in [6.45, 7) is 9.20. The number of allylic oxidation sites excluding steroid dienone is 8. The number of fused-ring (bicyclic) bond motifs is 5. The Hall–Kier alpha value is -2.14. The molecule has 0 aromatic carbocycles. The fourth-order valence-corrected chi connectivity index (χ4v) is 11.0. The zero-order valence-corrected chi connectivity index (χ0v) is 31.5. The number of hydrogen-bond acceptors (Lipinski definition) is 4. The number of aliphatic carboxylic acids is 1. The zero-order chi connectivity index (χ0) is 35.3. The van der Waals surface area contributed by atoms with E-state index in [-0.39, 0.29) is 35.4 Å². The van der Waals surface area contributed by atoms with Crippen LogP contribution in [0, 0.1) is 46.3 Å². The molecule has 0 saturated heterocycles. The van der Waals surface area contributed by atoms with E-state index in [9.17, 15) is 19.8 Å². The molecule has 4 aliphatic rings. The molecule has 5 heteroatoms. The average Bonchev–Trinajstić information content (AvgIpc) is 3.44. The summed E-state index contributed by atoms with van der Waals surface area (Å²) in [4.78, 5) is 24.1. The molecule has 49 heavy (non-hydrogen) atoms. The van der Waals surface area contributed by atoms with Gasteiger partial charge >= 0.3 is 11.9 Å². The van der Waals surface area contributed by atoms with Gasteiger partial charge in [0.1, 0.15) is 6.10 Å². The van der Waals surface area contributed by atoms with E-state index in [1.807, 2.05) is 0 Å². The number of carbonyl (C=O) groups excluding carboxylic acids is 1. The Kier molecular flexibility index (Phi) is 15.7. The fraction of sp³-hybridized carbons (Fsp3) is 0.773. The third-order valence-electron chi connectivity index (χ3n) is 13.8. The highest BCUT2D eigenvalue weighted by molar-refractivity contribution is 5.69. The Bertz CT molecular complexity index is 1150. The van der Waals surface area contributed by atoms with Gasteiger partial charge in [-0.2, -0.15) is 0 Å². The molecule has 4 saturated carbocycles. The normalized spacial score (nSPS) is 35.2. The Morgan fingerprint density at radius 1 is 0.796 bits per heavy atom. The van der Waals surface area contributed by atoms with Gasteiger partial charge in [-0.3, -0.25) is 9.59 Å². The summed E-state index contributed by atoms with van der Waals surface area (Å²) in [6, 6.07) is 0. The van der Waals surface area contributed by atoms with Crippen LogP contribution in [0.3, 0.4) is 0 Å². The van der Waals surface area contributed by atoms with Crippen LogP contribution in [0.4, 0.5) is 0 Å². The van der Waals surface area contributed by atoms with Gasteiger partial charge in [-0.1, -0.05) is 89.1 Å². The molecule has 0 amide bonds. The monoisotopic (exact) mass is 679 g/mol. The molecule has 10 unspecified atom stereocenters. The second kappa shape index (κ2) is 19.5. The van der Waals surface area contributed by atoms with Crippen molar-refractivity contribution in [2.75, 3.05) is 0 Å². The quantitative estimate of drug-likeness (QED) is 0.0807. The van der Waals surface area contributed by atoms with E-state index in [1.54, 1.807) is 0 Å². The molecule has 4 rings (SSSR count). The minimum Gasteiger partial charge on any atom is -0.481 e. The topological polar surface area (TPSA) is 83.8 Å². The zero-order valence-electron chi connectivity index (χ0n) is 31.5. The molecule has 276 valence electrons. The molecule has 4 aliphatic carbocycles. The van der Waals surface area contributed by atoms with Crippen molar-refractivity contribution in [3.05, 3.63) is 48.6 Å². The van der Waals surface area contributed by atoms with Gasteiger partial charge in [0.25, 0.3) is 0 Å². The molecule has 0 radical (unpaired) electrons. The molecular weight excluding hydrogens is 608 g/mol. The first kappa shape index (κ1) is 39.6. The third-order valence-corrected chi connectivity index (χ3v) is 13.8. The van der Waals surface area contributed by atoms with Crippen LogP contribution in [-0.4, -0.2) is 34.4 Å². The minimum atomic E-state index is -0.715. The molecule has 10 atom stereocenters. The smallest absolute Gasteiger partial charge is 0.306 e. The van der Waals surface area contributed by atoms with Crippen LogP contribution in [0.2, 0.25) is 0 Å². The van der Waals surface area contributed by atoms with Gasteiger partial charge in [0.2, 0.25) is 0 Å². The number of aliphatic hydroxyl groups excluding tert-OH is 1. The molecule has 0 spiro atoms. The lowest BCUT2D eigenvalue weighted by Gasteiger charge is -2.62. The van der Waals surface area contributed by atoms with Crippen LogP contribution in [0.1, 0.15) is 156 Å². The molecule has 0 aliphatic heterocycles. The lowest BCUT2D eigenvalue weighted by atomic mass is 9.43. The van der Waals surface area contributed by atoms with Crippen molar-refractivity contribution in [2.45, 2.75) is 168 Å². The number of ether oxygens (including phenoxy) is 1. The van der Waals surface area contributed by atoms with Crippen LogP contribution in [-0.2, 0) is 14.3 Å². The number of aliphatic hydroxyl groups is 1. The van der Waals surface area contributed by atoms with E-state index >= 15 is 0 Å². The molecule has 0 aromatic heterocycles. The average molecular weight is 679 g/mol. The first-order valence-corrected chi connectivity index (χ1v) is 20.3. The van der Waals surface area contributed by atoms with E-state index in [0.29, 0.717) is 48.3 Å². The van der Waals surface area contributed by atoms with Gasteiger partial charge in [0.05, 0.1) is 6.10 Å². The van der Waals surface area contributed by atoms with Gasteiger partial charge in [-0.15, -0.1) is 0 Å². The van der Waals surface area contributed by atoms with Crippen LogP contribution in [0.5, 0.6) is 0 Å². The summed E-state index contributed by atoms with van der Waals surface area (Å²) in [5.74, 6) is 2.26. The maximum atomic E-state index is 12.8. The van der Waals surface area contributed by atoms with Crippen LogP contribution in [0.15, 0.2) is 48.6 Å². The van der Waals surface area contributed by atoms with Crippen molar-refractivity contribution in [3.8, 4) is 0 Å². The summed E-state index contributed by atoms with van der Waals surface area (Å²) < 4.78 is 6.08. The first-order chi connectivity index (χ1) is 23.6. The number of rotatable bonds is 19. The van der Waals surface area contributed by atoms with E-state index in [2.05, 4.69) is 76.3 Å². The van der Waals surface area contributed by atoms with Crippen molar-refractivity contribution < 1.29 is 24.5 Å². The number of esters is 1. The SMILES string of the molecule is CC/C=C\C/C=C\C/C=C\C/C=C\CCCCCCC(=O)OC1CCC2(C)C(CCC3C2CC(O)C2(C)C(C(C)CCC(=O)O)CCC32)C1. The second-order valence-electron chi connectivity index (χ2n) is 16.7. The Morgan fingerprint density at radius 2 is 1.47 bits per heavy atom. The molecule has 0 heterocycles. The van der Waals surface area contributed by atoms with Crippen molar-refractivity contribution in [1.82, 2.24) is 0 Å². The summed E-state index contributed by atoms with van der Waals surface area (Å²) in [6.07, 6.45) is 37.2. The highest BCUT2D eigenvalue weighted by Crippen LogP contribution is 2.68. The van der Waals surface area contributed by atoms with E-state index in [1.165, 1.54) is 25.7 Å². The summed E-state index contributed by atoms with van der Waals surface area (Å²) in [7, 11) is 0. The number of carboxylic acids is 1. The lowest BCUT2D eigenvalue weighted by Crippen LogP contribution is -2.59. The fourth-order valence-electron chi connectivity index (χ4n) is 11.0. The number of unbranched alkanes of at least 4 members (excludes halogenated alkanes) is 4. The van der Waals surface area contributed by atoms with E-state index in [4.69, 9.17) is 4.74 Å². The number of carboxylic acid groups (broad SMARTS) is 1.